The van der Waals surface area contributed by atoms with Crippen molar-refractivity contribution >= 4 is 5.69 Å². The molecule has 0 spiro atoms. The highest BCUT2D eigenvalue weighted by molar-refractivity contribution is 5.54. The Labute approximate surface area is 174 Å². The molecule has 1 heterocycles. The number of ether oxygens (including phenoxy) is 2. The molecule has 4 rings (SSSR count). The monoisotopic (exact) mass is 393 g/mol. The van der Waals surface area contributed by atoms with Gasteiger partial charge in [-0.3, -0.25) is 0 Å². The maximum Gasteiger partial charge on any atom is 0.121 e. The van der Waals surface area contributed by atoms with Crippen LogP contribution in [0.15, 0.2) is 67.0 Å². The van der Waals surface area contributed by atoms with Crippen molar-refractivity contribution in [3.8, 4) is 5.75 Å². The van der Waals surface area contributed by atoms with E-state index < -0.39 is 0 Å². The molecule has 1 aliphatic heterocycles. The van der Waals surface area contributed by atoms with Gasteiger partial charge in [-0.25, -0.2) is 0 Å². The number of rotatable bonds is 9. The topological polar surface area (TPSA) is 28.2 Å². The zero-order chi connectivity index (χ0) is 20.1. The van der Waals surface area contributed by atoms with E-state index in [4.69, 9.17) is 9.47 Å². The normalized spacial score (nSPS) is 20.9. The average molecular weight is 394 g/mol. The third-order valence-corrected chi connectivity index (χ3v) is 5.58. The molecule has 29 heavy (non-hydrogen) atoms. The van der Waals surface area contributed by atoms with Crippen molar-refractivity contribution in [2.24, 2.45) is 0 Å². The molecule has 2 aliphatic rings. The summed E-state index contributed by atoms with van der Waals surface area (Å²) in [7, 11) is 4.16. The fourth-order valence-electron chi connectivity index (χ4n) is 3.68. The van der Waals surface area contributed by atoms with Crippen molar-refractivity contribution in [3.63, 3.8) is 0 Å². The molecule has 5 heteroatoms. The van der Waals surface area contributed by atoms with Crippen LogP contribution >= 0.6 is 0 Å². The summed E-state index contributed by atoms with van der Waals surface area (Å²) in [6.07, 6.45) is 7.02. The van der Waals surface area contributed by atoms with E-state index in [-0.39, 0.29) is 0 Å². The number of likely N-dealkylation sites (N-methyl/N-ethyl adjacent to an activating group) is 1. The van der Waals surface area contributed by atoms with Crippen LogP contribution in [0.4, 0.5) is 5.69 Å². The number of benzene rings is 2. The molecule has 0 saturated heterocycles. The molecule has 1 aliphatic carbocycles. The lowest BCUT2D eigenvalue weighted by molar-refractivity contribution is -0.0420. The van der Waals surface area contributed by atoms with Crippen molar-refractivity contribution in [2.45, 2.75) is 31.6 Å². The lowest BCUT2D eigenvalue weighted by atomic mass is 9.88. The zero-order valence-electron chi connectivity index (χ0n) is 17.4. The summed E-state index contributed by atoms with van der Waals surface area (Å²) in [5.74, 6) is 0.899. The van der Waals surface area contributed by atoms with E-state index in [9.17, 15) is 0 Å². The average Bonchev–Trinajstić information content (AvgIpc) is 3.18. The second kappa shape index (κ2) is 9.33. The van der Waals surface area contributed by atoms with E-state index in [1.165, 1.54) is 5.56 Å². The highest BCUT2D eigenvalue weighted by Gasteiger charge is 2.35. The van der Waals surface area contributed by atoms with E-state index >= 15 is 0 Å². The van der Waals surface area contributed by atoms with Gasteiger partial charge >= 0.3 is 0 Å². The van der Waals surface area contributed by atoms with Crippen molar-refractivity contribution in [1.82, 2.24) is 9.80 Å². The quantitative estimate of drug-likeness (QED) is 0.644. The molecule has 2 aromatic carbocycles. The Morgan fingerprint density at radius 2 is 1.83 bits per heavy atom. The molecular weight excluding hydrogens is 362 g/mol. The Hall–Kier alpha value is -2.50. The summed E-state index contributed by atoms with van der Waals surface area (Å²) in [5, 5.41) is 0. The molecule has 1 saturated carbocycles. The van der Waals surface area contributed by atoms with Gasteiger partial charge in [0.1, 0.15) is 12.4 Å². The van der Waals surface area contributed by atoms with Gasteiger partial charge in [0.05, 0.1) is 19.4 Å². The van der Waals surface area contributed by atoms with E-state index in [0.717, 1.165) is 44.1 Å². The van der Waals surface area contributed by atoms with Crippen LogP contribution in [0.3, 0.4) is 0 Å². The molecule has 0 unspecified atom stereocenters. The number of nitrogens with zero attached hydrogens (tertiary/aromatic N) is 3. The minimum Gasteiger partial charge on any atom is -0.489 e. The first-order valence-electron chi connectivity index (χ1n) is 10.4. The lowest BCUT2D eigenvalue weighted by Gasteiger charge is -2.41. The minimum atomic E-state index is 0.414. The van der Waals surface area contributed by atoms with E-state index in [2.05, 4.69) is 71.5 Å². The second-order valence-electron chi connectivity index (χ2n) is 8.12. The van der Waals surface area contributed by atoms with Gasteiger partial charge in [0.25, 0.3) is 0 Å². The fourth-order valence-corrected chi connectivity index (χ4v) is 3.68. The number of hydrogen-bond donors (Lipinski definition) is 0. The van der Waals surface area contributed by atoms with Crippen LogP contribution in [0.5, 0.6) is 5.75 Å². The Bertz CT molecular complexity index is 803. The van der Waals surface area contributed by atoms with Crippen LogP contribution in [-0.2, 0) is 11.3 Å². The van der Waals surface area contributed by atoms with Crippen LogP contribution in [0.2, 0.25) is 0 Å². The summed E-state index contributed by atoms with van der Waals surface area (Å²) >= 11 is 0. The predicted octanol–water partition coefficient (Wildman–Crippen LogP) is 3.93. The predicted molar refractivity (Wildman–Crippen MR) is 117 cm³/mol. The molecule has 0 radical (unpaired) electrons. The zero-order valence-corrected chi connectivity index (χ0v) is 17.4. The largest absolute Gasteiger partial charge is 0.489 e. The first kappa shape index (κ1) is 19.8. The third kappa shape index (κ3) is 5.31. The van der Waals surface area contributed by atoms with Gasteiger partial charge in [-0.2, -0.15) is 0 Å². The van der Waals surface area contributed by atoms with E-state index in [0.29, 0.717) is 18.8 Å². The molecule has 1 fully saturated rings. The summed E-state index contributed by atoms with van der Waals surface area (Å²) in [6.45, 7) is 3.28. The van der Waals surface area contributed by atoms with Gasteiger partial charge in [0.15, 0.2) is 0 Å². The molecule has 0 amide bonds. The summed E-state index contributed by atoms with van der Waals surface area (Å²) < 4.78 is 11.9. The van der Waals surface area contributed by atoms with E-state index in [1.807, 2.05) is 24.3 Å². The third-order valence-electron chi connectivity index (χ3n) is 5.58. The van der Waals surface area contributed by atoms with Crippen LogP contribution in [0, 0.1) is 0 Å². The molecule has 0 atom stereocenters. The summed E-state index contributed by atoms with van der Waals surface area (Å²) in [6, 6.07) is 19.2. The summed E-state index contributed by atoms with van der Waals surface area (Å²) in [4.78, 5) is 6.85. The van der Waals surface area contributed by atoms with Gasteiger partial charge < -0.3 is 24.2 Å². The summed E-state index contributed by atoms with van der Waals surface area (Å²) in [5.41, 5.74) is 2.34. The highest BCUT2D eigenvalue weighted by atomic mass is 16.5. The maximum atomic E-state index is 5.98. The van der Waals surface area contributed by atoms with Crippen LogP contribution in [0.25, 0.3) is 0 Å². The number of hydrogen-bond acceptors (Lipinski definition) is 5. The smallest absolute Gasteiger partial charge is 0.121 e. The second-order valence-corrected chi connectivity index (χ2v) is 8.12. The first-order valence-corrected chi connectivity index (χ1v) is 10.4. The Balaban J connectivity index is 1.24. The Morgan fingerprint density at radius 3 is 2.62 bits per heavy atom. The minimum absolute atomic E-state index is 0.414. The van der Waals surface area contributed by atoms with Crippen molar-refractivity contribution in [1.29, 1.82) is 0 Å². The number of anilines is 1. The first-order chi connectivity index (χ1) is 14.2. The van der Waals surface area contributed by atoms with Crippen molar-refractivity contribution in [3.05, 3.63) is 72.6 Å². The highest BCUT2D eigenvalue weighted by Crippen LogP contribution is 2.32. The fraction of sp³-hybridized carbons (Fsp3) is 0.417. The molecule has 0 aromatic heterocycles. The molecule has 0 N–H and O–H groups in total. The molecular formula is C24H31N3O2. The SMILES string of the molecule is CN(C)CCOC1CC(N2C=CN(c3cccc(OCc4ccccc4)c3)C2)C1. The van der Waals surface area contributed by atoms with Gasteiger partial charge in [0, 0.05) is 36.7 Å². The maximum absolute atomic E-state index is 5.98. The van der Waals surface area contributed by atoms with Crippen LogP contribution < -0.4 is 9.64 Å². The van der Waals surface area contributed by atoms with Crippen LogP contribution in [0.1, 0.15) is 18.4 Å². The van der Waals surface area contributed by atoms with E-state index in [1.54, 1.807) is 0 Å². The van der Waals surface area contributed by atoms with Crippen molar-refractivity contribution < 1.29 is 9.47 Å². The van der Waals surface area contributed by atoms with Crippen molar-refractivity contribution in [2.75, 3.05) is 38.8 Å². The lowest BCUT2D eigenvalue weighted by Crippen LogP contribution is -2.47. The molecule has 154 valence electrons. The Morgan fingerprint density at radius 1 is 1.00 bits per heavy atom. The molecule has 0 bridgehead atoms. The van der Waals surface area contributed by atoms with Gasteiger partial charge in [-0.15, -0.1) is 0 Å². The van der Waals surface area contributed by atoms with Crippen LogP contribution in [-0.4, -0.2) is 55.9 Å². The molecule has 2 aromatic rings. The standard InChI is InChI=1S/C24H31N3O2/c1-25(2)13-14-28-24-16-22(17-24)27-12-11-26(19-27)21-9-6-10-23(15-21)29-18-20-7-4-3-5-8-20/h3-12,15,22,24H,13-14,16-19H2,1-2H3. The Kier molecular flexibility index (Phi) is 6.37. The molecule has 5 nitrogen and oxygen atoms in total. The van der Waals surface area contributed by atoms with Gasteiger partial charge in [0.2, 0.25) is 0 Å². The van der Waals surface area contributed by atoms with Gasteiger partial charge in [-0.05, 0) is 44.6 Å². The van der Waals surface area contributed by atoms with Gasteiger partial charge in [-0.1, -0.05) is 36.4 Å².